The van der Waals surface area contributed by atoms with Crippen LogP contribution in [0, 0.1) is 5.82 Å². The van der Waals surface area contributed by atoms with Crippen LogP contribution < -0.4 is 4.74 Å². The van der Waals surface area contributed by atoms with Crippen molar-refractivity contribution in [2.45, 2.75) is 25.5 Å². The van der Waals surface area contributed by atoms with Crippen LogP contribution in [0.1, 0.15) is 25.0 Å². The monoisotopic (exact) mass is 251 g/mol. The molecule has 18 heavy (non-hydrogen) atoms. The van der Waals surface area contributed by atoms with Crippen molar-refractivity contribution in [3.8, 4) is 5.75 Å². The number of fused-ring (bicyclic) bond motifs is 3. The van der Waals surface area contributed by atoms with E-state index < -0.39 is 0 Å². The van der Waals surface area contributed by atoms with Crippen LogP contribution >= 0.6 is 0 Å². The van der Waals surface area contributed by atoms with Gasteiger partial charge in [0.15, 0.2) is 0 Å². The van der Waals surface area contributed by atoms with Gasteiger partial charge in [-0.05, 0) is 31.2 Å². The van der Waals surface area contributed by atoms with Gasteiger partial charge in [-0.2, -0.15) is 0 Å². The molecule has 4 heteroatoms. The molecule has 0 N–H and O–H groups in total. The van der Waals surface area contributed by atoms with Crippen molar-refractivity contribution in [1.82, 2.24) is 4.90 Å². The number of rotatable bonds is 1. The summed E-state index contributed by atoms with van der Waals surface area (Å²) < 4.78 is 25.0. The predicted octanol–water partition coefficient (Wildman–Crippen LogP) is 2.37. The number of hydrogen-bond donors (Lipinski definition) is 0. The lowest BCUT2D eigenvalue weighted by atomic mass is 9.97. The zero-order valence-corrected chi connectivity index (χ0v) is 10.6. The molecule has 1 aromatic carbocycles. The van der Waals surface area contributed by atoms with E-state index in [0.29, 0.717) is 19.3 Å². The molecule has 1 saturated heterocycles. The first-order chi connectivity index (χ1) is 8.79. The molecular formula is C14H18FNO2. The van der Waals surface area contributed by atoms with Crippen LogP contribution in [0.4, 0.5) is 4.39 Å². The Morgan fingerprint density at radius 1 is 1.39 bits per heavy atom. The first-order valence-corrected chi connectivity index (χ1v) is 6.57. The van der Waals surface area contributed by atoms with Crippen molar-refractivity contribution in [3.63, 3.8) is 0 Å². The van der Waals surface area contributed by atoms with Crippen molar-refractivity contribution in [3.05, 3.63) is 29.6 Å². The highest BCUT2D eigenvalue weighted by Gasteiger charge is 2.36. The normalized spacial score (nSPS) is 27.9. The molecular weight excluding hydrogens is 233 g/mol. The molecule has 2 atom stereocenters. The highest BCUT2D eigenvalue weighted by atomic mass is 19.1. The maximum atomic E-state index is 13.4. The van der Waals surface area contributed by atoms with Gasteiger partial charge < -0.3 is 9.47 Å². The fraction of sp³-hybridized carbons (Fsp3) is 0.571. The minimum absolute atomic E-state index is 0.0631. The van der Waals surface area contributed by atoms with Crippen LogP contribution in [-0.2, 0) is 4.74 Å². The molecule has 0 saturated carbocycles. The quantitative estimate of drug-likeness (QED) is 0.765. The summed E-state index contributed by atoms with van der Waals surface area (Å²) in [7, 11) is 0. The van der Waals surface area contributed by atoms with Gasteiger partial charge in [0.2, 0.25) is 0 Å². The average molecular weight is 251 g/mol. The summed E-state index contributed by atoms with van der Waals surface area (Å²) in [5.41, 5.74) is 0.857. The molecule has 0 spiro atoms. The Kier molecular flexibility index (Phi) is 3.22. The van der Waals surface area contributed by atoms with E-state index in [1.165, 1.54) is 6.07 Å². The Morgan fingerprint density at radius 2 is 2.28 bits per heavy atom. The maximum absolute atomic E-state index is 13.4. The first kappa shape index (κ1) is 11.9. The van der Waals surface area contributed by atoms with Crippen molar-refractivity contribution in [2.75, 3.05) is 26.3 Å². The van der Waals surface area contributed by atoms with Gasteiger partial charge in [0.05, 0.1) is 13.2 Å². The Labute approximate surface area is 106 Å². The van der Waals surface area contributed by atoms with Crippen LogP contribution in [0.15, 0.2) is 18.2 Å². The van der Waals surface area contributed by atoms with Gasteiger partial charge in [-0.25, -0.2) is 4.39 Å². The van der Waals surface area contributed by atoms with Crippen molar-refractivity contribution in [1.29, 1.82) is 0 Å². The predicted molar refractivity (Wildman–Crippen MR) is 66.2 cm³/mol. The Bertz CT molecular complexity index is 438. The lowest BCUT2D eigenvalue weighted by molar-refractivity contribution is -0.0725. The molecule has 98 valence electrons. The van der Waals surface area contributed by atoms with Crippen LogP contribution in [0.3, 0.4) is 0 Å². The van der Waals surface area contributed by atoms with E-state index in [1.807, 2.05) is 0 Å². The summed E-state index contributed by atoms with van der Waals surface area (Å²) in [6, 6.07) is 5.00. The molecule has 0 amide bonds. The lowest BCUT2D eigenvalue weighted by Crippen LogP contribution is -2.46. The number of morpholine rings is 1. The number of hydrogen-bond acceptors (Lipinski definition) is 3. The zero-order valence-electron chi connectivity index (χ0n) is 10.6. The maximum Gasteiger partial charge on any atom is 0.125 e. The van der Waals surface area contributed by atoms with Crippen molar-refractivity contribution < 1.29 is 13.9 Å². The SMILES string of the molecule is CCN1CCO[C@@H]2c3cc(F)ccc3OCC[C@H]21. The fourth-order valence-corrected chi connectivity index (χ4v) is 2.95. The van der Waals surface area contributed by atoms with Gasteiger partial charge in [-0.1, -0.05) is 6.92 Å². The fourth-order valence-electron chi connectivity index (χ4n) is 2.95. The number of ether oxygens (including phenoxy) is 2. The van der Waals surface area contributed by atoms with Crippen LogP contribution in [0.25, 0.3) is 0 Å². The summed E-state index contributed by atoms with van der Waals surface area (Å²) in [4.78, 5) is 2.40. The molecule has 1 fully saturated rings. The number of likely N-dealkylation sites (N-methyl/N-ethyl adjacent to an activating group) is 1. The summed E-state index contributed by atoms with van der Waals surface area (Å²) in [5.74, 6) is 0.539. The van der Waals surface area contributed by atoms with E-state index in [9.17, 15) is 4.39 Å². The van der Waals surface area contributed by atoms with Gasteiger partial charge in [0, 0.05) is 18.2 Å². The second-order valence-corrected chi connectivity index (χ2v) is 4.81. The van der Waals surface area contributed by atoms with E-state index in [4.69, 9.17) is 9.47 Å². The molecule has 0 unspecified atom stereocenters. The molecule has 0 aromatic heterocycles. The van der Waals surface area contributed by atoms with Gasteiger partial charge in [0.25, 0.3) is 0 Å². The first-order valence-electron chi connectivity index (χ1n) is 6.57. The molecule has 2 heterocycles. The van der Waals surface area contributed by atoms with Crippen molar-refractivity contribution in [2.24, 2.45) is 0 Å². The molecule has 1 aromatic rings. The third-order valence-corrected chi connectivity index (χ3v) is 3.85. The Hall–Kier alpha value is -1.13. The minimum Gasteiger partial charge on any atom is -0.493 e. The summed E-state index contributed by atoms with van der Waals surface area (Å²) >= 11 is 0. The largest absolute Gasteiger partial charge is 0.493 e. The van der Waals surface area contributed by atoms with Gasteiger partial charge >= 0.3 is 0 Å². The van der Waals surface area contributed by atoms with E-state index >= 15 is 0 Å². The summed E-state index contributed by atoms with van der Waals surface area (Å²) in [5, 5.41) is 0. The summed E-state index contributed by atoms with van der Waals surface area (Å²) in [6.07, 6.45) is 0.862. The van der Waals surface area contributed by atoms with Crippen LogP contribution in [-0.4, -0.2) is 37.2 Å². The molecule has 0 radical (unpaired) electrons. The van der Waals surface area contributed by atoms with Crippen LogP contribution in [0.5, 0.6) is 5.75 Å². The third-order valence-electron chi connectivity index (χ3n) is 3.85. The second kappa shape index (κ2) is 4.86. The number of nitrogens with zero attached hydrogens (tertiary/aromatic N) is 1. The Morgan fingerprint density at radius 3 is 3.11 bits per heavy atom. The van der Waals surface area contributed by atoms with E-state index in [1.54, 1.807) is 12.1 Å². The molecule has 0 aliphatic carbocycles. The highest BCUT2D eigenvalue weighted by molar-refractivity contribution is 5.37. The zero-order chi connectivity index (χ0) is 12.5. The van der Waals surface area contributed by atoms with Crippen molar-refractivity contribution >= 4 is 0 Å². The standard InChI is InChI=1S/C14H18FNO2/c1-2-16-6-8-18-14-11-9-10(15)3-4-13(11)17-7-5-12(14)16/h3-4,9,12,14H,2,5-8H2,1H3/t12-,14-/m1/s1. The van der Waals surface area contributed by atoms with E-state index in [2.05, 4.69) is 11.8 Å². The van der Waals surface area contributed by atoms with E-state index in [0.717, 1.165) is 30.8 Å². The molecule has 3 rings (SSSR count). The number of halogens is 1. The van der Waals surface area contributed by atoms with Gasteiger partial charge in [-0.3, -0.25) is 4.90 Å². The highest BCUT2D eigenvalue weighted by Crippen LogP contribution is 2.38. The lowest BCUT2D eigenvalue weighted by Gasteiger charge is -2.39. The minimum atomic E-state index is -0.227. The summed E-state index contributed by atoms with van der Waals surface area (Å²) in [6.45, 7) is 5.46. The van der Waals surface area contributed by atoms with Crippen LogP contribution in [0.2, 0.25) is 0 Å². The van der Waals surface area contributed by atoms with Gasteiger partial charge in [0.1, 0.15) is 17.7 Å². The second-order valence-electron chi connectivity index (χ2n) is 4.81. The van der Waals surface area contributed by atoms with E-state index in [-0.39, 0.29) is 11.9 Å². The third kappa shape index (κ3) is 1.99. The smallest absolute Gasteiger partial charge is 0.125 e. The molecule has 0 bridgehead atoms. The molecule has 2 aliphatic heterocycles. The topological polar surface area (TPSA) is 21.7 Å². The average Bonchev–Trinajstić information content (AvgIpc) is 2.57. The van der Waals surface area contributed by atoms with Gasteiger partial charge in [-0.15, -0.1) is 0 Å². The Balaban J connectivity index is 1.99. The number of benzene rings is 1. The molecule has 3 nitrogen and oxygen atoms in total. The molecule has 2 aliphatic rings.